The monoisotopic (exact) mass is 459 g/mol. The standard InChI is InChI=1S/C24H33N3O6/c1-27-19-9-8-17(12-22(28)25-15-5-3-4-6-15)33-21(19)13-32-20-10-7-16(11-18(20)24(27)30)26-23(29)14-31-2/h7,10-11,15,17,19,21H,3-6,8-9,12-14H2,1-2H3,(H,25,28)(H,26,29)/t17-,19-,21+/m0/s1. The predicted molar refractivity (Wildman–Crippen MR) is 121 cm³/mol. The van der Waals surface area contributed by atoms with Gasteiger partial charge >= 0.3 is 0 Å². The molecule has 3 amide bonds. The Morgan fingerprint density at radius 3 is 2.70 bits per heavy atom. The van der Waals surface area contributed by atoms with Gasteiger partial charge in [-0.3, -0.25) is 14.4 Å². The van der Waals surface area contributed by atoms with E-state index in [0.717, 1.165) is 19.3 Å². The lowest BCUT2D eigenvalue weighted by atomic mass is 9.94. The topological polar surface area (TPSA) is 106 Å². The van der Waals surface area contributed by atoms with Gasteiger partial charge in [-0.05, 0) is 43.9 Å². The molecule has 2 aliphatic heterocycles. The lowest BCUT2D eigenvalue weighted by molar-refractivity contribution is -0.134. The first-order valence-corrected chi connectivity index (χ1v) is 11.7. The van der Waals surface area contributed by atoms with E-state index in [9.17, 15) is 14.4 Å². The van der Waals surface area contributed by atoms with Crippen LogP contribution in [0.25, 0.3) is 0 Å². The molecule has 1 aromatic carbocycles. The zero-order valence-corrected chi connectivity index (χ0v) is 19.3. The van der Waals surface area contributed by atoms with E-state index in [1.165, 1.54) is 20.0 Å². The van der Waals surface area contributed by atoms with E-state index in [-0.39, 0.29) is 49.2 Å². The maximum absolute atomic E-state index is 13.2. The molecule has 4 rings (SSSR count). The SMILES string of the molecule is COCC(=O)Nc1ccc2c(c1)C(=O)N(C)[C@H]1CC[C@@H](CC(=O)NC3CCCC3)O[C@@H]1CO2. The summed E-state index contributed by atoms with van der Waals surface area (Å²) in [6.45, 7) is 0.216. The summed E-state index contributed by atoms with van der Waals surface area (Å²) in [6.07, 6.45) is 5.74. The smallest absolute Gasteiger partial charge is 0.257 e. The first-order valence-electron chi connectivity index (χ1n) is 11.7. The zero-order chi connectivity index (χ0) is 23.4. The Morgan fingerprint density at radius 1 is 1.15 bits per heavy atom. The lowest BCUT2D eigenvalue weighted by Crippen LogP contribution is -2.54. The first-order chi connectivity index (χ1) is 15.9. The normalized spacial score (nSPS) is 25.3. The summed E-state index contributed by atoms with van der Waals surface area (Å²) < 4.78 is 17.1. The van der Waals surface area contributed by atoms with E-state index in [1.54, 1.807) is 30.1 Å². The molecule has 2 N–H and O–H groups in total. The number of nitrogens with one attached hydrogen (secondary N) is 2. The van der Waals surface area contributed by atoms with Crippen molar-refractivity contribution < 1.29 is 28.6 Å². The molecule has 1 saturated carbocycles. The minimum atomic E-state index is -0.314. The highest BCUT2D eigenvalue weighted by Gasteiger charge is 2.39. The summed E-state index contributed by atoms with van der Waals surface area (Å²) in [6, 6.07) is 5.15. The van der Waals surface area contributed by atoms with E-state index in [1.807, 2.05) is 0 Å². The Kier molecular flexibility index (Phi) is 7.49. The number of methoxy groups -OCH3 is 1. The summed E-state index contributed by atoms with van der Waals surface area (Å²) in [7, 11) is 3.21. The summed E-state index contributed by atoms with van der Waals surface area (Å²) >= 11 is 0. The number of rotatable bonds is 6. The van der Waals surface area contributed by atoms with Gasteiger partial charge in [0.15, 0.2) is 0 Å². The molecule has 33 heavy (non-hydrogen) atoms. The predicted octanol–water partition coefficient (Wildman–Crippen LogP) is 2.10. The maximum atomic E-state index is 13.2. The molecule has 0 spiro atoms. The molecule has 0 unspecified atom stereocenters. The number of hydrogen-bond donors (Lipinski definition) is 2. The summed E-state index contributed by atoms with van der Waals surface area (Å²) in [4.78, 5) is 39.2. The molecule has 3 atom stereocenters. The van der Waals surface area contributed by atoms with Crippen LogP contribution in [-0.2, 0) is 19.1 Å². The maximum Gasteiger partial charge on any atom is 0.257 e. The van der Waals surface area contributed by atoms with E-state index >= 15 is 0 Å². The number of likely N-dealkylation sites (N-methyl/N-ethyl adjacent to an activating group) is 1. The molecular formula is C24H33N3O6. The average Bonchev–Trinajstić information content (AvgIpc) is 3.29. The van der Waals surface area contributed by atoms with Crippen molar-refractivity contribution in [3.8, 4) is 5.75 Å². The van der Waals surface area contributed by atoms with Crippen molar-refractivity contribution in [2.45, 2.75) is 69.2 Å². The number of nitrogens with zero attached hydrogens (tertiary/aromatic N) is 1. The largest absolute Gasteiger partial charge is 0.490 e. The zero-order valence-electron chi connectivity index (χ0n) is 19.3. The Hall–Kier alpha value is -2.65. The van der Waals surface area contributed by atoms with Crippen LogP contribution in [0.4, 0.5) is 5.69 Å². The molecule has 0 bridgehead atoms. The molecule has 2 fully saturated rings. The van der Waals surface area contributed by atoms with Gasteiger partial charge in [0.05, 0.1) is 24.1 Å². The van der Waals surface area contributed by atoms with Gasteiger partial charge in [0.25, 0.3) is 5.91 Å². The fraction of sp³-hybridized carbons (Fsp3) is 0.625. The van der Waals surface area contributed by atoms with Gasteiger partial charge in [0, 0.05) is 25.9 Å². The molecule has 180 valence electrons. The van der Waals surface area contributed by atoms with Crippen molar-refractivity contribution in [2.24, 2.45) is 0 Å². The molecule has 0 aromatic heterocycles. The van der Waals surface area contributed by atoms with Crippen molar-refractivity contribution in [1.82, 2.24) is 10.2 Å². The molecule has 9 heteroatoms. The first kappa shape index (κ1) is 23.5. The second-order valence-corrected chi connectivity index (χ2v) is 9.11. The van der Waals surface area contributed by atoms with E-state index in [2.05, 4.69) is 10.6 Å². The molecule has 0 radical (unpaired) electrons. The molecule has 1 saturated heterocycles. The van der Waals surface area contributed by atoms with E-state index in [0.29, 0.717) is 35.9 Å². The molecular weight excluding hydrogens is 426 g/mol. The van der Waals surface area contributed by atoms with Gasteiger partial charge in [-0.2, -0.15) is 0 Å². The average molecular weight is 460 g/mol. The Labute approximate surface area is 194 Å². The van der Waals surface area contributed by atoms with Crippen LogP contribution in [0, 0.1) is 0 Å². The number of anilines is 1. The number of hydrogen-bond acceptors (Lipinski definition) is 6. The third kappa shape index (κ3) is 5.65. The second-order valence-electron chi connectivity index (χ2n) is 9.11. The van der Waals surface area contributed by atoms with Gasteiger partial charge < -0.3 is 29.7 Å². The quantitative estimate of drug-likeness (QED) is 0.675. The van der Waals surface area contributed by atoms with Crippen LogP contribution >= 0.6 is 0 Å². The van der Waals surface area contributed by atoms with Crippen LogP contribution in [-0.4, -0.2) is 74.3 Å². The van der Waals surface area contributed by atoms with Crippen LogP contribution in [0.5, 0.6) is 5.75 Å². The van der Waals surface area contributed by atoms with E-state index < -0.39 is 0 Å². The van der Waals surface area contributed by atoms with Crippen LogP contribution in [0.1, 0.15) is 55.3 Å². The molecule has 1 aromatic rings. The van der Waals surface area contributed by atoms with E-state index in [4.69, 9.17) is 14.2 Å². The third-order valence-electron chi connectivity index (χ3n) is 6.70. The number of carbonyl (C=O) groups excluding carboxylic acids is 3. The number of benzene rings is 1. The molecule has 2 heterocycles. The number of amides is 3. The van der Waals surface area contributed by atoms with Crippen LogP contribution in [0.2, 0.25) is 0 Å². The minimum absolute atomic E-state index is 0.0370. The summed E-state index contributed by atoms with van der Waals surface area (Å²) in [5, 5.41) is 5.84. The van der Waals surface area contributed by atoms with Crippen LogP contribution in [0.15, 0.2) is 18.2 Å². The van der Waals surface area contributed by atoms with Crippen molar-refractivity contribution in [1.29, 1.82) is 0 Å². The van der Waals surface area contributed by atoms with Gasteiger partial charge in [-0.1, -0.05) is 12.8 Å². The third-order valence-corrected chi connectivity index (χ3v) is 6.70. The highest BCUT2D eigenvalue weighted by atomic mass is 16.5. The van der Waals surface area contributed by atoms with Crippen molar-refractivity contribution in [3.05, 3.63) is 23.8 Å². The number of ether oxygens (including phenoxy) is 3. The summed E-state index contributed by atoms with van der Waals surface area (Å²) in [5.74, 6) is -0.00739. The van der Waals surface area contributed by atoms with Crippen molar-refractivity contribution in [3.63, 3.8) is 0 Å². The fourth-order valence-corrected chi connectivity index (χ4v) is 5.00. The van der Waals surface area contributed by atoms with Crippen LogP contribution in [0.3, 0.4) is 0 Å². The van der Waals surface area contributed by atoms with Gasteiger partial charge in [0.1, 0.15) is 25.1 Å². The second kappa shape index (κ2) is 10.5. The van der Waals surface area contributed by atoms with Crippen molar-refractivity contribution >= 4 is 23.4 Å². The number of fused-ring (bicyclic) bond motifs is 2. The Balaban J connectivity index is 1.41. The van der Waals surface area contributed by atoms with Crippen LogP contribution < -0.4 is 15.4 Å². The summed E-state index contributed by atoms with van der Waals surface area (Å²) in [5.41, 5.74) is 0.899. The minimum Gasteiger partial charge on any atom is -0.490 e. The molecule has 3 aliphatic rings. The van der Waals surface area contributed by atoms with Gasteiger partial charge in [-0.15, -0.1) is 0 Å². The molecule has 1 aliphatic carbocycles. The Morgan fingerprint density at radius 2 is 1.94 bits per heavy atom. The van der Waals surface area contributed by atoms with Gasteiger partial charge in [-0.25, -0.2) is 0 Å². The fourth-order valence-electron chi connectivity index (χ4n) is 5.00. The highest BCUT2D eigenvalue weighted by molar-refractivity contribution is 6.00. The lowest BCUT2D eigenvalue weighted by Gasteiger charge is -2.42. The molecule has 9 nitrogen and oxygen atoms in total. The highest BCUT2D eigenvalue weighted by Crippen LogP contribution is 2.32. The number of carbonyl (C=O) groups is 3. The van der Waals surface area contributed by atoms with Crippen molar-refractivity contribution in [2.75, 3.05) is 32.7 Å². The van der Waals surface area contributed by atoms with Gasteiger partial charge in [0.2, 0.25) is 11.8 Å². The Bertz CT molecular complexity index is 885.